The third-order valence-electron chi connectivity index (χ3n) is 4.53. The zero-order valence-electron chi connectivity index (χ0n) is 10.3. The van der Waals surface area contributed by atoms with Crippen molar-refractivity contribution in [3.05, 3.63) is 23.9 Å². The Morgan fingerprint density at radius 1 is 1.56 bits per heavy atom. The van der Waals surface area contributed by atoms with Gasteiger partial charge >= 0.3 is 0 Å². The van der Waals surface area contributed by atoms with Gasteiger partial charge in [-0.2, -0.15) is 5.26 Å². The lowest BCUT2D eigenvalue weighted by atomic mass is 9.82. The molecule has 4 nitrogen and oxygen atoms in total. The van der Waals surface area contributed by atoms with Gasteiger partial charge in [-0.05, 0) is 30.9 Å². The minimum Gasteiger partial charge on any atom is -0.396 e. The summed E-state index contributed by atoms with van der Waals surface area (Å²) in [7, 11) is 0. The van der Waals surface area contributed by atoms with E-state index in [1.54, 1.807) is 6.07 Å². The fourth-order valence-corrected chi connectivity index (χ4v) is 3.51. The first-order chi connectivity index (χ1) is 8.77. The molecular weight excluding hydrogens is 226 g/mol. The second kappa shape index (κ2) is 4.25. The maximum absolute atomic E-state index is 9.69. The van der Waals surface area contributed by atoms with E-state index in [2.05, 4.69) is 16.0 Å². The average Bonchev–Trinajstić information content (AvgIpc) is 2.95. The number of hydrogen-bond acceptors (Lipinski definition) is 4. The Morgan fingerprint density at radius 3 is 3.17 bits per heavy atom. The van der Waals surface area contributed by atoms with Gasteiger partial charge in [0.15, 0.2) is 0 Å². The van der Waals surface area contributed by atoms with Crippen molar-refractivity contribution in [2.75, 3.05) is 24.6 Å². The monoisotopic (exact) mass is 243 g/mol. The zero-order valence-corrected chi connectivity index (χ0v) is 10.3. The molecule has 1 saturated heterocycles. The van der Waals surface area contributed by atoms with Gasteiger partial charge in [0.25, 0.3) is 0 Å². The Bertz CT molecular complexity index is 496. The number of aliphatic hydroxyl groups is 1. The van der Waals surface area contributed by atoms with Gasteiger partial charge in [-0.15, -0.1) is 0 Å². The van der Waals surface area contributed by atoms with Crippen LogP contribution in [0, 0.1) is 22.7 Å². The van der Waals surface area contributed by atoms with Gasteiger partial charge in [-0.1, -0.05) is 12.5 Å². The van der Waals surface area contributed by atoms with Gasteiger partial charge in [0, 0.05) is 18.5 Å². The van der Waals surface area contributed by atoms with Crippen molar-refractivity contribution in [3.63, 3.8) is 0 Å². The molecule has 0 spiro atoms. The highest BCUT2D eigenvalue weighted by Crippen LogP contribution is 2.48. The molecule has 2 unspecified atom stereocenters. The van der Waals surface area contributed by atoms with Crippen LogP contribution < -0.4 is 4.90 Å². The van der Waals surface area contributed by atoms with E-state index >= 15 is 0 Å². The first-order valence-corrected chi connectivity index (χ1v) is 6.50. The molecule has 1 N–H and O–H groups in total. The van der Waals surface area contributed by atoms with Gasteiger partial charge < -0.3 is 10.0 Å². The van der Waals surface area contributed by atoms with E-state index < -0.39 is 0 Å². The van der Waals surface area contributed by atoms with E-state index in [9.17, 15) is 5.11 Å². The highest BCUT2D eigenvalue weighted by atomic mass is 16.3. The van der Waals surface area contributed by atoms with Crippen molar-refractivity contribution in [1.29, 1.82) is 5.26 Å². The van der Waals surface area contributed by atoms with Crippen LogP contribution in [0.5, 0.6) is 0 Å². The fraction of sp³-hybridized carbons (Fsp3) is 0.571. The topological polar surface area (TPSA) is 60.2 Å². The molecule has 0 amide bonds. The van der Waals surface area contributed by atoms with Crippen molar-refractivity contribution in [3.8, 4) is 6.07 Å². The van der Waals surface area contributed by atoms with Crippen LogP contribution in [0.25, 0.3) is 0 Å². The van der Waals surface area contributed by atoms with Gasteiger partial charge in [0.1, 0.15) is 17.6 Å². The van der Waals surface area contributed by atoms with E-state index in [1.165, 1.54) is 12.8 Å². The Labute approximate surface area is 107 Å². The molecule has 0 radical (unpaired) electrons. The van der Waals surface area contributed by atoms with E-state index in [1.807, 2.05) is 12.1 Å². The van der Waals surface area contributed by atoms with Crippen LogP contribution in [0.15, 0.2) is 18.2 Å². The van der Waals surface area contributed by atoms with Crippen molar-refractivity contribution < 1.29 is 5.11 Å². The molecule has 2 atom stereocenters. The number of nitriles is 1. The Morgan fingerprint density at radius 2 is 2.44 bits per heavy atom. The number of hydrogen-bond donors (Lipinski definition) is 1. The highest BCUT2D eigenvalue weighted by Gasteiger charge is 2.49. The van der Waals surface area contributed by atoms with Crippen LogP contribution >= 0.6 is 0 Å². The molecule has 1 aromatic rings. The molecular formula is C14H17N3O. The van der Waals surface area contributed by atoms with Crippen LogP contribution in [0.3, 0.4) is 0 Å². The second-order valence-corrected chi connectivity index (χ2v) is 5.48. The Kier molecular flexibility index (Phi) is 2.71. The molecule has 2 fully saturated rings. The van der Waals surface area contributed by atoms with Crippen LogP contribution in [0.2, 0.25) is 0 Å². The van der Waals surface area contributed by atoms with Crippen LogP contribution in [0.1, 0.15) is 25.0 Å². The summed E-state index contributed by atoms with van der Waals surface area (Å²) < 4.78 is 0. The van der Waals surface area contributed by atoms with E-state index in [0.717, 1.165) is 25.3 Å². The summed E-state index contributed by atoms with van der Waals surface area (Å²) in [5, 5.41) is 18.6. The smallest absolute Gasteiger partial charge is 0.142 e. The number of aliphatic hydroxyl groups excluding tert-OH is 1. The number of pyridine rings is 1. The first-order valence-electron chi connectivity index (χ1n) is 6.50. The van der Waals surface area contributed by atoms with Crippen molar-refractivity contribution >= 4 is 5.82 Å². The average molecular weight is 243 g/mol. The number of aromatic nitrogens is 1. The minimum atomic E-state index is 0.0737. The third-order valence-corrected chi connectivity index (χ3v) is 4.53. The summed E-state index contributed by atoms with van der Waals surface area (Å²) in [4.78, 5) is 6.57. The van der Waals surface area contributed by atoms with Gasteiger partial charge in [-0.3, -0.25) is 0 Å². The lowest BCUT2D eigenvalue weighted by molar-refractivity contribution is 0.121. The summed E-state index contributed by atoms with van der Waals surface area (Å²) in [6.07, 6.45) is 3.54. The van der Waals surface area contributed by atoms with Gasteiger partial charge in [0.2, 0.25) is 0 Å². The summed E-state index contributed by atoms with van der Waals surface area (Å²) in [5.41, 5.74) is 0.534. The standard InChI is InChI=1S/C14H17N3O/c15-7-12-4-1-5-13(16-12)17-8-11-3-2-6-14(11,9-17)10-18/h1,4-5,11,18H,2-3,6,8-10H2. The van der Waals surface area contributed by atoms with Crippen LogP contribution in [0.4, 0.5) is 5.82 Å². The van der Waals surface area contributed by atoms with Crippen molar-refractivity contribution in [2.45, 2.75) is 19.3 Å². The predicted octanol–water partition coefficient (Wildman–Crippen LogP) is 1.55. The summed E-state index contributed by atoms with van der Waals surface area (Å²) in [5.74, 6) is 1.45. The Balaban J connectivity index is 1.85. The predicted molar refractivity (Wildman–Crippen MR) is 68.0 cm³/mol. The van der Waals surface area contributed by atoms with Gasteiger partial charge in [-0.25, -0.2) is 4.98 Å². The maximum atomic E-state index is 9.69. The lowest BCUT2D eigenvalue weighted by Gasteiger charge is -2.26. The fourth-order valence-electron chi connectivity index (χ4n) is 3.51. The van der Waals surface area contributed by atoms with Crippen molar-refractivity contribution in [1.82, 2.24) is 4.98 Å². The second-order valence-electron chi connectivity index (χ2n) is 5.48. The third kappa shape index (κ3) is 1.67. The van der Waals surface area contributed by atoms with Crippen LogP contribution in [-0.4, -0.2) is 29.8 Å². The molecule has 0 aromatic carbocycles. The molecule has 1 aliphatic heterocycles. The quantitative estimate of drug-likeness (QED) is 0.856. The molecule has 1 aromatic heterocycles. The molecule has 1 aliphatic carbocycles. The lowest BCUT2D eigenvalue weighted by Crippen LogP contribution is -2.31. The Hall–Kier alpha value is -1.60. The highest BCUT2D eigenvalue weighted by molar-refractivity contribution is 5.44. The molecule has 0 bridgehead atoms. The van der Waals surface area contributed by atoms with Crippen LogP contribution in [-0.2, 0) is 0 Å². The molecule has 2 heterocycles. The molecule has 3 rings (SSSR count). The first kappa shape index (κ1) is 11.5. The van der Waals surface area contributed by atoms with Crippen molar-refractivity contribution in [2.24, 2.45) is 11.3 Å². The normalized spacial score (nSPS) is 30.2. The number of anilines is 1. The zero-order chi connectivity index (χ0) is 12.6. The largest absolute Gasteiger partial charge is 0.396 e. The molecule has 18 heavy (non-hydrogen) atoms. The van der Waals surface area contributed by atoms with Gasteiger partial charge in [0.05, 0.1) is 6.61 Å². The molecule has 2 aliphatic rings. The van der Waals surface area contributed by atoms with E-state index in [0.29, 0.717) is 11.6 Å². The number of fused-ring (bicyclic) bond motifs is 1. The molecule has 4 heteroatoms. The minimum absolute atomic E-state index is 0.0737. The van der Waals surface area contributed by atoms with E-state index in [-0.39, 0.29) is 12.0 Å². The van der Waals surface area contributed by atoms with E-state index in [4.69, 9.17) is 5.26 Å². The molecule has 94 valence electrons. The summed E-state index contributed by atoms with van der Waals surface area (Å²) >= 11 is 0. The number of rotatable bonds is 2. The molecule has 1 saturated carbocycles. The summed E-state index contributed by atoms with van der Waals surface area (Å²) in [6, 6.07) is 7.63. The maximum Gasteiger partial charge on any atom is 0.142 e. The number of nitrogens with zero attached hydrogens (tertiary/aromatic N) is 3. The summed E-state index contributed by atoms with van der Waals surface area (Å²) in [6.45, 7) is 2.10. The SMILES string of the molecule is N#Cc1cccc(N2CC3CCCC3(CO)C2)n1.